The van der Waals surface area contributed by atoms with Crippen molar-refractivity contribution >= 4 is 5.91 Å². The van der Waals surface area contributed by atoms with Crippen LogP contribution in [0.2, 0.25) is 0 Å². The molecule has 0 saturated carbocycles. The van der Waals surface area contributed by atoms with E-state index in [1.54, 1.807) is 0 Å². The Balaban J connectivity index is 3.85. The lowest BCUT2D eigenvalue weighted by Gasteiger charge is -2.19. The molecule has 0 aromatic carbocycles. The normalized spacial score (nSPS) is 14.9. The van der Waals surface area contributed by atoms with E-state index in [1.165, 1.54) is 0 Å². The van der Waals surface area contributed by atoms with Gasteiger partial charge < -0.3 is 9.47 Å². The highest BCUT2D eigenvalue weighted by atomic mass is 16.5. The Morgan fingerprint density at radius 2 is 2.14 bits per heavy atom. The van der Waals surface area contributed by atoms with Crippen LogP contribution in [0.15, 0.2) is 0 Å². The van der Waals surface area contributed by atoms with Crippen molar-refractivity contribution in [1.29, 1.82) is 0 Å². The third-order valence-electron chi connectivity index (χ3n) is 1.76. The standard InChI is InChI=1S/C9H20N2O3/c1-4-8(9(12)11-10)14-7(3)6-13-5-2/h7-8H,4-6,10H2,1-3H3,(H,11,12). The Kier molecular flexibility index (Phi) is 7.37. The minimum Gasteiger partial charge on any atom is -0.379 e. The lowest BCUT2D eigenvalue weighted by Crippen LogP contribution is -2.42. The van der Waals surface area contributed by atoms with Gasteiger partial charge in [-0.25, -0.2) is 5.84 Å². The predicted octanol–water partition coefficient (Wildman–Crippen LogP) is 0.197. The number of hydrazine groups is 1. The minimum absolute atomic E-state index is 0.0998. The number of amides is 1. The second-order valence-corrected chi connectivity index (χ2v) is 3.01. The van der Waals surface area contributed by atoms with Gasteiger partial charge in [0.15, 0.2) is 0 Å². The molecule has 3 N–H and O–H groups in total. The SMILES string of the molecule is CCOCC(C)OC(CC)C(=O)NN. The summed E-state index contributed by atoms with van der Waals surface area (Å²) in [7, 11) is 0. The van der Waals surface area contributed by atoms with Crippen LogP contribution < -0.4 is 11.3 Å². The maximum atomic E-state index is 11.2. The van der Waals surface area contributed by atoms with Crippen LogP contribution in [0.4, 0.5) is 0 Å². The largest absolute Gasteiger partial charge is 0.379 e. The van der Waals surface area contributed by atoms with E-state index >= 15 is 0 Å². The molecule has 2 unspecified atom stereocenters. The Hall–Kier alpha value is -0.650. The molecule has 0 heterocycles. The van der Waals surface area contributed by atoms with Crippen molar-refractivity contribution in [2.75, 3.05) is 13.2 Å². The van der Waals surface area contributed by atoms with Crippen molar-refractivity contribution in [2.45, 2.75) is 39.4 Å². The van der Waals surface area contributed by atoms with E-state index in [2.05, 4.69) is 5.43 Å². The minimum atomic E-state index is -0.490. The maximum Gasteiger partial charge on any atom is 0.262 e. The molecule has 0 aliphatic carbocycles. The van der Waals surface area contributed by atoms with E-state index in [9.17, 15) is 4.79 Å². The fourth-order valence-electron chi connectivity index (χ4n) is 1.04. The molecule has 0 spiro atoms. The van der Waals surface area contributed by atoms with Crippen molar-refractivity contribution in [2.24, 2.45) is 5.84 Å². The van der Waals surface area contributed by atoms with Crippen LogP contribution >= 0.6 is 0 Å². The summed E-state index contributed by atoms with van der Waals surface area (Å²) in [5.74, 6) is 4.72. The van der Waals surface area contributed by atoms with Crippen molar-refractivity contribution in [1.82, 2.24) is 5.43 Å². The van der Waals surface area contributed by atoms with Gasteiger partial charge in [0.1, 0.15) is 6.10 Å². The van der Waals surface area contributed by atoms with Crippen LogP contribution in [0.3, 0.4) is 0 Å². The molecule has 0 rings (SSSR count). The first-order valence-corrected chi connectivity index (χ1v) is 4.89. The number of nitrogens with one attached hydrogen (secondary N) is 1. The third kappa shape index (κ3) is 5.16. The summed E-state index contributed by atoms with van der Waals surface area (Å²) in [5, 5.41) is 0. The maximum absolute atomic E-state index is 11.2. The smallest absolute Gasteiger partial charge is 0.262 e. The number of hydrogen-bond donors (Lipinski definition) is 2. The Morgan fingerprint density at radius 1 is 1.50 bits per heavy atom. The molecule has 1 amide bonds. The van der Waals surface area contributed by atoms with E-state index in [4.69, 9.17) is 15.3 Å². The predicted molar refractivity (Wildman–Crippen MR) is 53.4 cm³/mol. The molecule has 0 bridgehead atoms. The van der Waals surface area contributed by atoms with Gasteiger partial charge >= 0.3 is 0 Å². The molecular weight excluding hydrogens is 184 g/mol. The zero-order valence-corrected chi connectivity index (χ0v) is 9.08. The van der Waals surface area contributed by atoms with Gasteiger partial charge in [-0.15, -0.1) is 0 Å². The van der Waals surface area contributed by atoms with Crippen molar-refractivity contribution < 1.29 is 14.3 Å². The number of carbonyl (C=O) groups excluding carboxylic acids is 1. The highest BCUT2D eigenvalue weighted by Crippen LogP contribution is 2.03. The quantitative estimate of drug-likeness (QED) is 0.353. The van der Waals surface area contributed by atoms with E-state index in [1.807, 2.05) is 20.8 Å². The molecule has 5 heteroatoms. The Labute approximate surface area is 84.9 Å². The number of rotatable bonds is 7. The molecule has 2 atom stereocenters. The fraction of sp³-hybridized carbons (Fsp3) is 0.889. The van der Waals surface area contributed by atoms with Crippen molar-refractivity contribution in [3.63, 3.8) is 0 Å². The van der Waals surface area contributed by atoms with Gasteiger partial charge in [-0.2, -0.15) is 0 Å². The Bertz CT molecular complexity index is 164. The van der Waals surface area contributed by atoms with Crippen LogP contribution in [0.25, 0.3) is 0 Å². The molecule has 0 fully saturated rings. The molecule has 0 aliphatic rings. The van der Waals surface area contributed by atoms with Gasteiger partial charge in [0.05, 0.1) is 12.7 Å². The van der Waals surface area contributed by atoms with Crippen LogP contribution in [-0.2, 0) is 14.3 Å². The molecule has 0 radical (unpaired) electrons. The Morgan fingerprint density at radius 3 is 2.57 bits per heavy atom. The summed E-state index contributed by atoms with van der Waals surface area (Å²) in [4.78, 5) is 11.2. The average Bonchev–Trinajstić information content (AvgIpc) is 2.21. The summed E-state index contributed by atoms with van der Waals surface area (Å²) in [6.07, 6.45) is 0.00659. The first-order chi connectivity index (χ1) is 6.65. The zero-order valence-electron chi connectivity index (χ0n) is 9.08. The molecule has 0 aromatic rings. The molecule has 5 nitrogen and oxygen atoms in total. The molecule has 0 aromatic heterocycles. The van der Waals surface area contributed by atoms with Gasteiger partial charge in [-0.3, -0.25) is 10.2 Å². The molecule has 14 heavy (non-hydrogen) atoms. The van der Waals surface area contributed by atoms with Crippen LogP contribution in [0.1, 0.15) is 27.2 Å². The lowest BCUT2D eigenvalue weighted by atomic mass is 10.2. The van der Waals surface area contributed by atoms with E-state index in [-0.39, 0.29) is 12.0 Å². The summed E-state index contributed by atoms with van der Waals surface area (Å²) in [5.41, 5.74) is 2.07. The number of nitrogens with two attached hydrogens (primary N) is 1. The lowest BCUT2D eigenvalue weighted by molar-refractivity contribution is -0.138. The number of hydrogen-bond acceptors (Lipinski definition) is 4. The summed E-state index contributed by atoms with van der Waals surface area (Å²) >= 11 is 0. The van der Waals surface area contributed by atoms with E-state index in [0.717, 1.165) is 0 Å². The average molecular weight is 204 g/mol. The van der Waals surface area contributed by atoms with Crippen LogP contribution in [0, 0.1) is 0 Å². The molecule has 0 aliphatic heterocycles. The second kappa shape index (κ2) is 7.73. The monoisotopic (exact) mass is 204 g/mol. The molecular formula is C9H20N2O3. The number of carbonyl (C=O) groups is 1. The zero-order chi connectivity index (χ0) is 11.0. The first kappa shape index (κ1) is 13.4. The van der Waals surface area contributed by atoms with Gasteiger partial charge in [-0.05, 0) is 20.3 Å². The van der Waals surface area contributed by atoms with Gasteiger partial charge in [0.25, 0.3) is 5.91 Å². The van der Waals surface area contributed by atoms with Gasteiger partial charge in [0, 0.05) is 6.61 Å². The second-order valence-electron chi connectivity index (χ2n) is 3.01. The number of ether oxygens (including phenoxy) is 2. The van der Waals surface area contributed by atoms with Gasteiger partial charge in [-0.1, -0.05) is 6.92 Å². The van der Waals surface area contributed by atoms with Crippen molar-refractivity contribution in [3.8, 4) is 0 Å². The summed E-state index contributed by atoms with van der Waals surface area (Å²) in [6, 6.07) is 0. The van der Waals surface area contributed by atoms with Gasteiger partial charge in [0.2, 0.25) is 0 Å². The highest BCUT2D eigenvalue weighted by molar-refractivity contribution is 5.80. The van der Waals surface area contributed by atoms with Crippen molar-refractivity contribution in [3.05, 3.63) is 0 Å². The molecule has 84 valence electrons. The highest BCUT2D eigenvalue weighted by Gasteiger charge is 2.18. The third-order valence-corrected chi connectivity index (χ3v) is 1.76. The van der Waals surface area contributed by atoms with E-state index in [0.29, 0.717) is 19.6 Å². The first-order valence-electron chi connectivity index (χ1n) is 4.89. The fourth-order valence-corrected chi connectivity index (χ4v) is 1.04. The summed E-state index contributed by atoms with van der Waals surface area (Å²) in [6.45, 7) is 6.78. The molecule has 0 saturated heterocycles. The van der Waals surface area contributed by atoms with Crippen LogP contribution in [-0.4, -0.2) is 31.3 Å². The topological polar surface area (TPSA) is 73.6 Å². The van der Waals surface area contributed by atoms with E-state index < -0.39 is 6.10 Å². The van der Waals surface area contributed by atoms with Crippen LogP contribution in [0.5, 0.6) is 0 Å². The summed E-state index contributed by atoms with van der Waals surface area (Å²) < 4.78 is 10.6.